The molecule has 351 valence electrons. The van der Waals surface area contributed by atoms with Crippen LogP contribution in [-0.2, 0) is 12.4 Å². The summed E-state index contributed by atoms with van der Waals surface area (Å²) in [4.78, 5) is 61.4. The number of nitrogens with one attached hydrogen (secondary N) is 4. The van der Waals surface area contributed by atoms with Crippen molar-refractivity contribution < 1.29 is 40.9 Å². The molecule has 1 unspecified atom stereocenters. The number of imidazole rings is 3. The van der Waals surface area contributed by atoms with E-state index in [1.165, 1.54) is 57.9 Å². The molecule has 0 aliphatic carbocycles. The number of hydrogen-bond donors (Lipinski definition) is 5. The van der Waals surface area contributed by atoms with E-state index in [0.717, 1.165) is 42.5 Å². The average molecular weight is 1390 g/mol. The Kier molecular flexibility index (Phi) is 27.1. The minimum Gasteiger partial charge on any atom is -1.00 e. The maximum atomic E-state index is 11.4. The minimum atomic E-state index is -0.183. The van der Waals surface area contributed by atoms with Crippen LogP contribution in [0.5, 0.6) is 0 Å². The molecule has 0 aromatic carbocycles. The van der Waals surface area contributed by atoms with Gasteiger partial charge in [0.05, 0.1) is 23.7 Å². The molecule has 0 amide bonds. The first-order chi connectivity index (χ1) is 31.0. The fourth-order valence-electron chi connectivity index (χ4n) is 5.20. The first kappa shape index (κ1) is 60.8. The fourth-order valence-corrected chi connectivity index (χ4v) is 11.4. The molecule has 10 rings (SSSR count). The second-order valence-electron chi connectivity index (χ2n) is 12.1. The number of allylic oxidation sites excluding steroid dienone is 1. The third-order valence-electron chi connectivity index (χ3n) is 7.85. The van der Waals surface area contributed by atoms with Gasteiger partial charge in [-0.05, 0) is 77.9 Å². The third-order valence-corrected chi connectivity index (χ3v) is 13.8. The van der Waals surface area contributed by atoms with E-state index < -0.39 is 0 Å². The second kappa shape index (κ2) is 29.9. The Morgan fingerprint density at radius 1 is 0.866 bits per heavy atom. The molecule has 1 atom stereocenters. The summed E-state index contributed by atoms with van der Waals surface area (Å²) in [5.74, 6) is 0.600. The van der Waals surface area contributed by atoms with E-state index in [1.54, 1.807) is 40.6 Å². The maximum absolute atomic E-state index is 11.4. The SMILES string of the molecule is BrP(Br)Br.Cc1cc(=O)[nH]c(=S)[nH]1.Cc1cc(=O)[nH]c(SCc2c(Cl)nc3sccn23)n1.ClC1=C(CBr)N2C=CSC2N1.O=Cc1c(Cl)nc2sccn12.OCc1c(Cl)nc2sccn12.[B].[H-].[Na+]. The van der Waals surface area contributed by atoms with Gasteiger partial charge in [0.25, 0.3) is 11.1 Å². The summed E-state index contributed by atoms with van der Waals surface area (Å²) in [7, 11) is 0. The Balaban J connectivity index is 0.000000290. The molecule has 8 aromatic heterocycles. The number of aliphatic hydroxyl groups excluding tert-OH is 1. The molecule has 8 aromatic rings. The van der Waals surface area contributed by atoms with Gasteiger partial charge in [0.2, 0.25) is 0 Å². The number of thiazole rings is 3. The van der Waals surface area contributed by atoms with Crippen LogP contribution < -0.4 is 46.0 Å². The first-order valence-corrected chi connectivity index (χ1v) is 32.5. The van der Waals surface area contributed by atoms with Crippen LogP contribution in [-0.4, -0.2) is 83.6 Å². The number of H-pyrrole nitrogens is 3. The van der Waals surface area contributed by atoms with Crippen molar-refractivity contribution in [3.63, 3.8) is 0 Å². The normalized spacial score (nSPS) is 13.1. The molecule has 0 fully saturated rings. The van der Waals surface area contributed by atoms with E-state index >= 15 is 0 Å². The van der Waals surface area contributed by atoms with Gasteiger partial charge in [-0.2, -0.15) is 0 Å². The molecule has 2 aliphatic rings. The smallest absolute Gasteiger partial charge is 1.00 e. The van der Waals surface area contributed by atoms with Crippen LogP contribution in [0.3, 0.4) is 0 Å². The number of aromatic amines is 3. The number of alkyl halides is 1. The van der Waals surface area contributed by atoms with E-state index in [0.29, 0.717) is 49.4 Å². The second-order valence-corrected chi connectivity index (χ2v) is 34.4. The average Bonchev–Trinajstić information content (AvgIpc) is 4.09. The standard InChI is InChI=1S/C11H9ClN4OS2.C6H6BrClN2S.C6H5ClN2OS.C6H3ClN2OS.C5H6N2OS.B.Br3P.Na.H/c1-6-4-8(17)14-10(13-6)19-5-7-9(12)15-11-16(7)2-3-18-11;7-3-4-5(8)9-6-10(4)1-2-11-6;2*7-5-4(3-10)9-1-2-11-6(9)8-5;1-3-2-4(8)7-5(9)6-3;;1-4(2)3;;/h2-4H,5H2,1H3,(H,13,14,17);1-2,6,9H,3H2;1-2,10H,3H2;1-3H;2H,1H3,(H2,6,7,8,9);;;;/q;;;;;;;+1;-1. The van der Waals surface area contributed by atoms with E-state index in [-0.39, 0.29) is 71.8 Å². The topological polar surface area (TPSA) is 199 Å². The Bertz CT molecular complexity index is 3100. The molecule has 0 bridgehead atoms. The molecule has 0 spiro atoms. The van der Waals surface area contributed by atoms with Crippen LogP contribution in [0.25, 0.3) is 14.9 Å². The number of halogens is 8. The summed E-state index contributed by atoms with van der Waals surface area (Å²) in [5, 5.41) is 23.1. The van der Waals surface area contributed by atoms with Crippen molar-refractivity contribution in [3.05, 3.63) is 139 Å². The van der Waals surface area contributed by atoms with Gasteiger partial charge in [-0.3, -0.25) is 32.6 Å². The minimum absolute atomic E-state index is 0. The van der Waals surface area contributed by atoms with Crippen molar-refractivity contribution in [1.29, 1.82) is 0 Å². The van der Waals surface area contributed by atoms with Gasteiger partial charge < -0.3 is 26.7 Å². The number of carbonyl (C=O) groups is 1. The van der Waals surface area contributed by atoms with Crippen LogP contribution in [0, 0.1) is 18.6 Å². The molecule has 33 heteroatoms. The number of fused-ring (bicyclic) bond motifs is 4. The number of carbonyl (C=O) groups excluding carboxylic acids is 1. The molecule has 10 heterocycles. The number of rotatable bonds is 6. The number of nitrogens with zero attached hydrogens (tertiary/aromatic N) is 8. The van der Waals surface area contributed by atoms with Crippen molar-refractivity contribution >= 4 is 212 Å². The first-order valence-electron chi connectivity index (χ1n) is 17.5. The van der Waals surface area contributed by atoms with Crippen LogP contribution in [0.2, 0.25) is 15.5 Å². The summed E-state index contributed by atoms with van der Waals surface area (Å²) in [5.41, 5.74) is 4.56. The number of aryl methyl sites for hydroxylation is 2. The summed E-state index contributed by atoms with van der Waals surface area (Å²) in [6.45, 7) is 3.50. The Labute approximate surface area is 486 Å². The molecule has 67 heavy (non-hydrogen) atoms. The molecular weight excluding hydrogens is 1360 g/mol. The van der Waals surface area contributed by atoms with Gasteiger partial charge in [0.15, 0.2) is 52.1 Å². The Morgan fingerprint density at radius 3 is 1.94 bits per heavy atom. The van der Waals surface area contributed by atoms with Crippen molar-refractivity contribution in [2.75, 3.05) is 5.33 Å². The van der Waals surface area contributed by atoms with Crippen LogP contribution in [0.4, 0.5) is 0 Å². The van der Waals surface area contributed by atoms with Gasteiger partial charge in [-0.15, -0.1) is 34.0 Å². The van der Waals surface area contributed by atoms with Gasteiger partial charge in [-0.25, -0.2) is 19.9 Å². The maximum Gasteiger partial charge on any atom is 1.00 e. The van der Waals surface area contributed by atoms with Crippen LogP contribution >= 0.6 is 183 Å². The van der Waals surface area contributed by atoms with Gasteiger partial charge in [0.1, 0.15) is 14.9 Å². The summed E-state index contributed by atoms with van der Waals surface area (Å²) in [6, 6.07) is 2.92. The van der Waals surface area contributed by atoms with Gasteiger partial charge in [-0.1, -0.05) is 85.9 Å². The predicted octanol–water partition coefficient (Wildman–Crippen LogP) is 9.21. The summed E-state index contributed by atoms with van der Waals surface area (Å²) < 4.78 is 5.60. The monoisotopic (exact) mass is 1380 g/mol. The van der Waals surface area contributed by atoms with Crippen molar-refractivity contribution in [1.82, 2.24) is 58.3 Å². The van der Waals surface area contributed by atoms with Gasteiger partial charge in [0, 0.05) is 83.9 Å². The third kappa shape index (κ3) is 17.6. The molecule has 0 saturated carbocycles. The molecule has 5 N–H and O–H groups in total. The van der Waals surface area contributed by atoms with Crippen molar-refractivity contribution in [3.8, 4) is 0 Å². The van der Waals surface area contributed by atoms with Crippen LogP contribution in [0.1, 0.15) is 34.7 Å². The predicted molar refractivity (Wildman–Crippen MR) is 294 cm³/mol. The van der Waals surface area contributed by atoms with E-state index in [4.69, 9.17) is 51.5 Å². The summed E-state index contributed by atoms with van der Waals surface area (Å²) >= 11 is 48.6. The Hall–Kier alpha value is -0.525. The van der Waals surface area contributed by atoms with E-state index in [2.05, 4.69) is 125 Å². The number of aliphatic hydroxyl groups is 1. The largest absolute Gasteiger partial charge is 1.00 e. The number of hydrogen-bond acceptors (Lipinski definition) is 16. The van der Waals surface area contributed by atoms with Crippen molar-refractivity contribution in [2.45, 2.75) is 36.9 Å². The zero-order valence-electron chi connectivity index (χ0n) is 35.3. The van der Waals surface area contributed by atoms with E-state index in [1.807, 2.05) is 39.1 Å². The molecule has 3 radical (unpaired) electrons. The fraction of sp³-hybridized carbons (Fsp3) is 0.176. The van der Waals surface area contributed by atoms with Gasteiger partial charge >= 0.3 is 29.6 Å². The zero-order chi connectivity index (χ0) is 47.4. The number of thioether (sulfide) groups is 2. The molecule has 2 aliphatic heterocycles. The molecular formula is C34H30BBr4Cl4N12NaO4PS6. The number of aromatic nitrogens is 10. The summed E-state index contributed by atoms with van der Waals surface area (Å²) in [6.07, 6.45) is 8.28. The zero-order valence-corrected chi connectivity index (χ0v) is 51.5. The van der Waals surface area contributed by atoms with Crippen molar-refractivity contribution in [2.24, 2.45) is 0 Å². The molecule has 16 nitrogen and oxygen atoms in total. The Morgan fingerprint density at radius 2 is 1.40 bits per heavy atom. The number of aldehydes is 1. The molecule has 0 saturated heterocycles. The van der Waals surface area contributed by atoms with E-state index in [9.17, 15) is 14.4 Å². The van der Waals surface area contributed by atoms with Crippen LogP contribution in [0.15, 0.2) is 84.1 Å². The quantitative estimate of drug-likeness (QED) is 0.0155.